The number of rotatable bonds is 9. The molecule has 0 aromatic rings. The predicted molar refractivity (Wildman–Crippen MR) is 105 cm³/mol. The molecule has 3 aliphatic rings. The predicted octanol–water partition coefficient (Wildman–Crippen LogP) is 1.67. The van der Waals surface area contributed by atoms with Crippen molar-refractivity contribution < 1.29 is 18.9 Å². The second-order valence-corrected chi connectivity index (χ2v) is 7.79. The lowest BCUT2D eigenvalue weighted by Gasteiger charge is -2.34. The highest BCUT2D eigenvalue weighted by Crippen LogP contribution is 2.18. The molecule has 2 atom stereocenters. The molecule has 0 saturated carbocycles. The number of piperidine rings is 1. The number of hydrogen-bond donors (Lipinski definition) is 1. The van der Waals surface area contributed by atoms with Gasteiger partial charge < -0.3 is 29.2 Å². The van der Waals surface area contributed by atoms with Crippen LogP contribution in [-0.2, 0) is 18.9 Å². The van der Waals surface area contributed by atoms with Crippen molar-refractivity contribution in [2.24, 2.45) is 10.9 Å². The van der Waals surface area contributed by atoms with Crippen LogP contribution in [0.15, 0.2) is 4.99 Å². The molecular weight excluding hydrogens is 346 g/mol. The van der Waals surface area contributed by atoms with Gasteiger partial charge in [0.05, 0.1) is 32.0 Å². The number of nitrogens with one attached hydrogen (secondary N) is 1. The molecule has 0 bridgehead atoms. The van der Waals surface area contributed by atoms with Gasteiger partial charge in [0.15, 0.2) is 5.96 Å². The lowest BCUT2D eigenvalue weighted by Crippen LogP contribution is -2.47. The van der Waals surface area contributed by atoms with Gasteiger partial charge in [-0.25, -0.2) is 0 Å². The summed E-state index contributed by atoms with van der Waals surface area (Å²) in [7, 11) is 1.86. The molecule has 2 unspecified atom stereocenters. The zero-order valence-corrected chi connectivity index (χ0v) is 16.9. The SMILES string of the molecule is CN=C(NCCCOCC1CCOC1)N1CCC(OCC2CCCO2)CC1. The number of ether oxygens (including phenoxy) is 4. The van der Waals surface area contributed by atoms with Crippen LogP contribution in [-0.4, -0.2) is 89.4 Å². The highest BCUT2D eigenvalue weighted by Gasteiger charge is 2.24. The van der Waals surface area contributed by atoms with Gasteiger partial charge in [-0.15, -0.1) is 0 Å². The molecule has 3 rings (SSSR count). The van der Waals surface area contributed by atoms with Crippen LogP contribution in [0.25, 0.3) is 0 Å². The third kappa shape index (κ3) is 7.22. The second kappa shape index (κ2) is 11.8. The van der Waals surface area contributed by atoms with Gasteiger partial charge in [-0.05, 0) is 38.5 Å². The fourth-order valence-electron chi connectivity index (χ4n) is 3.92. The minimum atomic E-state index is 0.320. The van der Waals surface area contributed by atoms with Crippen molar-refractivity contribution in [3.05, 3.63) is 0 Å². The molecule has 7 nitrogen and oxygen atoms in total. The Labute approximate surface area is 163 Å². The molecule has 3 saturated heterocycles. The Balaban J connectivity index is 1.22. The van der Waals surface area contributed by atoms with E-state index in [1.165, 1.54) is 6.42 Å². The summed E-state index contributed by atoms with van der Waals surface area (Å²) in [5.74, 6) is 1.59. The van der Waals surface area contributed by atoms with Gasteiger partial charge in [0, 0.05) is 52.4 Å². The summed E-state index contributed by atoms with van der Waals surface area (Å²) < 4.78 is 22.8. The summed E-state index contributed by atoms with van der Waals surface area (Å²) in [6.07, 6.45) is 7.24. The standard InChI is InChI=1S/C20H37N3O4/c1-21-20(22-8-3-11-24-14-17-7-13-25-15-17)23-9-5-18(6-10-23)27-16-19-4-2-12-26-19/h17-19H,2-16H2,1H3,(H,21,22). The lowest BCUT2D eigenvalue weighted by atomic mass is 10.1. The summed E-state index contributed by atoms with van der Waals surface area (Å²) in [6.45, 7) is 7.90. The van der Waals surface area contributed by atoms with Gasteiger partial charge in [0.1, 0.15) is 0 Å². The van der Waals surface area contributed by atoms with Crippen molar-refractivity contribution in [2.75, 3.05) is 66.3 Å². The summed E-state index contributed by atoms with van der Waals surface area (Å²) in [5.41, 5.74) is 0. The van der Waals surface area contributed by atoms with E-state index in [1.54, 1.807) is 0 Å². The van der Waals surface area contributed by atoms with Crippen LogP contribution in [0.3, 0.4) is 0 Å². The normalized spacial score (nSPS) is 27.4. The molecule has 3 heterocycles. The fraction of sp³-hybridized carbons (Fsp3) is 0.950. The average molecular weight is 384 g/mol. The molecule has 7 heteroatoms. The van der Waals surface area contributed by atoms with Gasteiger partial charge in [0.2, 0.25) is 0 Å². The number of aliphatic imine (C=N–C) groups is 1. The molecule has 0 aromatic carbocycles. The molecule has 1 N–H and O–H groups in total. The molecule has 0 amide bonds. The first-order valence-electron chi connectivity index (χ1n) is 10.7. The smallest absolute Gasteiger partial charge is 0.193 e. The maximum absolute atomic E-state index is 6.06. The Bertz CT molecular complexity index is 429. The van der Waals surface area contributed by atoms with E-state index in [0.717, 1.165) is 97.3 Å². The molecule has 0 spiro atoms. The van der Waals surface area contributed by atoms with Crippen LogP contribution in [0.1, 0.15) is 38.5 Å². The zero-order chi connectivity index (χ0) is 18.7. The Hall–Kier alpha value is -0.890. The van der Waals surface area contributed by atoms with E-state index in [0.29, 0.717) is 18.1 Å². The first-order valence-corrected chi connectivity index (χ1v) is 10.7. The van der Waals surface area contributed by atoms with Crippen LogP contribution < -0.4 is 5.32 Å². The van der Waals surface area contributed by atoms with Gasteiger partial charge in [-0.1, -0.05) is 0 Å². The van der Waals surface area contributed by atoms with Crippen LogP contribution in [0.4, 0.5) is 0 Å². The van der Waals surface area contributed by atoms with Crippen LogP contribution in [0.5, 0.6) is 0 Å². The van der Waals surface area contributed by atoms with Gasteiger partial charge >= 0.3 is 0 Å². The lowest BCUT2D eigenvalue weighted by molar-refractivity contribution is -0.0367. The third-order valence-electron chi connectivity index (χ3n) is 5.62. The van der Waals surface area contributed by atoms with Crippen molar-refractivity contribution in [3.8, 4) is 0 Å². The first-order chi connectivity index (χ1) is 13.3. The summed E-state index contributed by atoms with van der Waals surface area (Å²) in [6, 6.07) is 0. The van der Waals surface area contributed by atoms with Crippen LogP contribution >= 0.6 is 0 Å². The number of likely N-dealkylation sites (tertiary alicyclic amines) is 1. The molecule has 0 aromatic heterocycles. The zero-order valence-electron chi connectivity index (χ0n) is 16.9. The molecule has 156 valence electrons. The molecule has 3 aliphatic heterocycles. The maximum atomic E-state index is 6.06. The van der Waals surface area contributed by atoms with Gasteiger partial charge in [-0.2, -0.15) is 0 Å². The number of nitrogens with zero attached hydrogens (tertiary/aromatic N) is 2. The van der Waals surface area contributed by atoms with E-state index in [-0.39, 0.29) is 0 Å². The average Bonchev–Trinajstić information content (AvgIpc) is 3.40. The van der Waals surface area contributed by atoms with Gasteiger partial charge in [0.25, 0.3) is 0 Å². The van der Waals surface area contributed by atoms with Gasteiger partial charge in [-0.3, -0.25) is 4.99 Å². The maximum Gasteiger partial charge on any atom is 0.193 e. The highest BCUT2D eigenvalue weighted by atomic mass is 16.5. The molecule has 0 radical (unpaired) electrons. The Morgan fingerprint density at radius 3 is 2.74 bits per heavy atom. The van der Waals surface area contributed by atoms with E-state index in [4.69, 9.17) is 18.9 Å². The van der Waals surface area contributed by atoms with Crippen LogP contribution in [0.2, 0.25) is 0 Å². The van der Waals surface area contributed by atoms with Crippen LogP contribution in [0, 0.1) is 5.92 Å². The Morgan fingerprint density at radius 2 is 2.04 bits per heavy atom. The van der Waals surface area contributed by atoms with Crippen molar-refractivity contribution in [1.82, 2.24) is 10.2 Å². The number of guanidine groups is 1. The summed E-state index contributed by atoms with van der Waals surface area (Å²) in [5, 5.41) is 3.47. The largest absolute Gasteiger partial charge is 0.381 e. The minimum Gasteiger partial charge on any atom is -0.381 e. The minimum absolute atomic E-state index is 0.320. The van der Waals surface area contributed by atoms with E-state index in [9.17, 15) is 0 Å². The van der Waals surface area contributed by atoms with Crippen molar-refractivity contribution in [1.29, 1.82) is 0 Å². The van der Waals surface area contributed by atoms with E-state index in [1.807, 2.05) is 7.05 Å². The van der Waals surface area contributed by atoms with Crippen molar-refractivity contribution in [2.45, 2.75) is 50.7 Å². The summed E-state index contributed by atoms with van der Waals surface area (Å²) >= 11 is 0. The topological polar surface area (TPSA) is 64.6 Å². The Morgan fingerprint density at radius 1 is 1.15 bits per heavy atom. The molecule has 0 aliphatic carbocycles. The monoisotopic (exact) mass is 383 g/mol. The molecule has 27 heavy (non-hydrogen) atoms. The Kier molecular flexibility index (Phi) is 9.14. The number of hydrogen-bond acceptors (Lipinski definition) is 5. The third-order valence-corrected chi connectivity index (χ3v) is 5.62. The quantitative estimate of drug-likeness (QED) is 0.371. The van der Waals surface area contributed by atoms with E-state index < -0.39 is 0 Å². The van der Waals surface area contributed by atoms with Crippen molar-refractivity contribution >= 4 is 5.96 Å². The first kappa shape index (κ1) is 20.8. The van der Waals surface area contributed by atoms with E-state index in [2.05, 4.69) is 15.2 Å². The fourth-order valence-corrected chi connectivity index (χ4v) is 3.92. The van der Waals surface area contributed by atoms with Crippen molar-refractivity contribution in [3.63, 3.8) is 0 Å². The second-order valence-electron chi connectivity index (χ2n) is 7.79. The molecular formula is C20H37N3O4. The van der Waals surface area contributed by atoms with E-state index >= 15 is 0 Å². The highest BCUT2D eigenvalue weighted by molar-refractivity contribution is 5.79. The summed E-state index contributed by atoms with van der Waals surface area (Å²) in [4.78, 5) is 6.78. The molecule has 3 fully saturated rings.